The van der Waals surface area contributed by atoms with Crippen LogP contribution in [0, 0.1) is 0 Å². The van der Waals surface area contributed by atoms with Crippen LogP contribution in [0.5, 0.6) is 0 Å². The maximum atomic E-state index is 9.67. The number of hydrogen-bond acceptors (Lipinski definition) is 1. The van der Waals surface area contributed by atoms with Crippen molar-refractivity contribution in [3.8, 4) is 0 Å². The molecule has 0 fully saturated rings. The molecular weight excluding hydrogens is 184 g/mol. The van der Waals surface area contributed by atoms with Gasteiger partial charge in [0.05, 0.1) is 6.10 Å². The van der Waals surface area contributed by atoms with E-state index in [1.165, 1.54) is 0 Å². The van der Waals surface area contributed by atoms with Crippen molar-refractivity contribution in [2.45, 2.75) is 26.9 Å². The number of hydrogen-bond donors (Lipinski definition) is 1. The zero-order chi connectivity index (χ0) is 11.4. The van der Waals surface area contributed by atoms with Gasteiger partial charge < -0.3 is 5.11 Å². The molecule has 1 rings (SSSR count). The first-order valence-corrected chi connectivity index (χ1v) is 5.17. The predicted molar refractivity (Wildman–Crippen MR) is 65.7 cm³/mol. The molecule has 1 atom stereocenters. The summed E-state index contributed by atoms with van der Waals surface area (Å²) in [5, 5.41) is 11.9. The lowest BCUT2D eigenvalue weighted by atomic mass is 10.0. The van der Waals surface area contributed by atoms with Gasteiger partial charge in [0.1, 0.15) is 0 Å². The van der Waals surface area contributed by atoms with Crippen LogP contribution in [0.2, 0.25) is 0 Å². The summed E-state index contributed by atoms with van der Waals surface area (Å²) in [5.74, 6) is 0. The third-order valence-corrected chi connectivity index (χ3v) is 2.33. The van der Waals surface area contributed by atoms with Crippen molar-refractivity contribution in [1.82, 2.24) is 0 Å². The zero-order valence-corrected chi connectivity index (χ0v) is 9.62. The highest BCUT2D eigenvalue weighted by Crippen LogP contribution is 2.04. The van der Waals surface area contributed by atoms with Crippen molar-refractivity contribution in [1.29, 1.82) is 0 Å². The Hall–Kier alpha value is -1.34. The summed E-state index contributed by atoms with van der Waals surface area (Å²) in [6.07, 6.45) is 3.60. The van der Waals surface area contributed by atoms with Crippen molar-refractivity contribution >= 4 is 12.2 Å². The van der Waals surface area contributed by atoms with Crippen molar-refractivity contribution in [3.05, 3.63) is 46.4 Å². The molecule has 0 aliphatic heterocycles. The fourth-order valence-electron chi connectivity index (χ4n) is 1.63. The van der Waals surface area contributed by atoms with Crippen molar-refractivity contribution in [2.24, 2.45) is 0 Å². The van der Waals surface area contributed by atoms with Crippen LogP contribution in [0.3, 0.4) is 0 Å². The van der Waals surface area contributed by atoms with Crippen molar-refractivity contribution < 1.29 is 5.11 Å². The molecule has 1 N–H and O–H groups in total. The predicted octanol–water partition coefficient (Wildman–Crippen LogP) is 1.90. The molecule has 0 saturated heterocycles. The minimum atomic E-state index is -0.449. The Morgan fingerprint density at radius 2 is 2.13 bits per heavy atom. The number of allylic oxidation sites excluding steroid dienone is 1. The molecule has 1 aromatic carbocycles. The van der Waals surface area contributed by atoms with Gasteiger partial charge in [-0.3, -0.25) is 0 Å². The first-order valence-electron chi connectivity index (χ1n) is 5.17. The molecule has 0 amide bonds. The Morgan fingerprint density at radius 3 is 2.60 bits per heavy atom. The first-order chi connectivity index (χ1) is 7.06. The zero-order valence-electron chi connectivity index (χ0n) is 9.62. The monoisotopic (exact) mass is 202 g/mol. The Labute approximate surface area is 91.1 Å². The molecule has 0 saturated carbocycles. The van der Waals surface area contributed by atoms with E-state index in [4.69, 9.17) is 0 Å². The Morgan fingerprint density at radius 1 is 1.47 bits per heavy atom. The molecule has 0 heterocycles. The van der Waals surface area contributed by atoms with E-state index in [0.717, 1.165) is 21.6 Å². The van der Waals surface area contributed by atoms with Gasteiger partial charge in [0.2, 0.25) is 0 Å². The summed E-state index contributed by atoms with van der Waals surface area (Å²) in [7, 11) is 0. The van der Waals surface area contributed by atoms with E-state index in [0.29, 0.717) is 0 Å². The second kappa shape index (κ2) is 4.94. The van der Waals surface area contributed by atoms with Gasteiger partial charge in [-0.2, -0.15) is 0 Å². The summed E-state index contributed by atoms with van der Waals surface area (Å²) in [4.78, 5) is 0. The maximum absolute atomic E-state index is 9.67. The Balaban J connectivity index is 3.63. The minimum Gasteiger partial charge on any atom is -0.389 e. The molecule has 1 heteroatoms. The van der Waals surface area contributed by atoms with Gasteiger partial charge in [-0.15, -0.1) is 0 Å². The summed E-state index contributed by atoms with van der Waals surface area (Å²) in [6, 6.07) is 5.96. The Bertz CT molecular complexity index is 467. The molecule has 0 radical (unpaired) electrons. The van der Waals surface area contributed by atoms with Gasteiger partial charge >= 0.3 is 0 Å². The quantitative estimate of drug-likeness (QED) is 0.776. The SMILES string of the molecule is C=C(C)C=c1c(C(C)O)cccc1=CC. The van der Waals surface area contributed by atoms with E-state index >= 15 is 0 Å². The van der Waals surface area contributed by atoms with Gasteiger partial charge in [-0.25, -0.2) is 0 Å². The Kier molecular flexibility index (Phi) is 3.87. The first kappa shape index (κ1) is 11.7. The van der Waals surface area contributed by atoms with Crippen LogP contribution in [0.15, 0.2) is 30.4 Å². The van der Waals surface area contributed by atoms with Crippen molar-refractivity contribution in [3.63, 3.8) is 0 Å². The number of rotatable bonds is 2. The van der Waals surface area contributed by atoms with E-state index < -0.39 is 6.10 Å². The highest BCUT2D eigenvalue weighted by Gasteiger charge is 2.02. The highest BCUT2D eigenvalue weighted by atomic mass is 16.3. The van der Waals surface area contributed by atoms with E-state index in [2.05, 4.69) is 6.58 Å². The summed E-state index contributed by atoms with van der Waals surface area (Å²) in [6.45, 7) is 9.61. The normalized spacial score (nSPS) is 15.5. The molecule has 0 aliphatic rings. The molecule has 0 aliphatic carbocycles. The molecule has 0 bridgehead atoms. The van der Waals surface area contributed by atoms with Crippen LogP contribution < -0.4 is 10.4 Å². The summed E-state index contributed by atoms with van der Waals surface area (Å²) < 4.78 is 0. The van der Waals surface area contributed by atoms with E-state index in [1.54, 1.807) is 6.92 Å². The topological polar surface area (TPSA) is 20.2 Å². The van der Waals surface area contributed by atoms with Crippen LogP contribution in [0.4, 0.5) is 0 Å². The molecule has 1 nitrogen and oxygen atoms in total. The van der Waals surface area contributed by atoms with Crippen LogP contribution in [0.25, 0.3) is 12.2 Å². The fourth-order valence-corrected chi connectivity index (χ4v) is 1.63. The number of benzene rings is 1. The van der Waals surface area contributed by atoms with Crippen LogP contribution >= 0.6 is 0 Å². The summed E-state index contributed by atoms with van der Waals surface area (Å²) >= 11 is 0. The molecule has 80 valence electrons. The number of aliphatic hydroxyl groups excluding tert-OH is 1. The van der Waals surface area contributed by atoms with Crippen molar-refractivity contribution in [2.75, 3.05) is 0 Å². The van der Waals surface area contributed by atoms with E-state index in [1.807, 2.05) is 44.2 Å². The second-order valence-electron chi connectivity index (χ2n) is 3.81. The fraction of sp³-hybridized carbons (Fsp3) is 0.286. The smallest absolute Gasteiger partial charge is 0.0767 e. The van der Waals surface area contributed by atoms with E-state index in [-0.39, 0.29) is 0 Å². The molecule has 0 aromatic heterocycles. The molecule has 1 unspecified atom stereocenters. The average molecular weight is 202 g/mol. The lowest BCUT2D eigenvalue weighted by Gasteiger charge is -2.06. The highest BCUT2D eigenvalue weighted by molar-refractivity contribution is 5.47. The molecule has 15 heavy (non-hydrogen) atoms. The van der Waals surface area contributed by atoms with Crippen LogP contribution in [-0.2, 0) is 0 Å². The molecule has 1 aromatic rings. The minimum absolute atomic E-state index is 0.449. The third-order valence-electron chi connectivity index (χ3n) is 2.33. The van der Waals surface area contributed by atoms with Crippen LogP contribution in [0.1, 0.15) is 32.4 Å². The largest absolute Gasteiger partial charge is 0.389 e. The summed E-state index contributed by atoms with van der Waals surface area (Å²) in [5.41, 5.74) is 1.94. The van der Waals surface area contributed by atoms with E-state index in [9.17, 15) is 5.11 Å². The van der Waals surface area contributed by atoms with Gasteiger partial charge in [0, 0.05) is 0 Å². The second-order valence-corrected chi connectivity index (χ2v) is 3.81. The van der Waals surface area contributed by atoms with Crippen LogP contribution in [-0.4, -0.2) is 5.11 Å². The molecular formula is C14H18O. The number of aliphatic hydroxyl groups is 1. The third kappa shape index (κ3) is 2.80. The van der Waals surface area contributed by atoms with Gasteiger partial charge in [0.25, 0.3) is 0 Å². The molecule has 0 spiro atoms. The van der Waals surface area contributed by atoms with Gasteiger partial charge in [-0.1, -0.05) is 42.5 Å². The lowest BCUT2D eigenvalue weighted by molar-refractivity contribution is 0.198. The standard InChI is InChI=1S/C14H18O/c1-5-12-7-6-8-13(11(4)15)14(12)9-10(2)3/h5-9,11,15H,2H2,1,3-4H3. The average Bonchev–Trinajstić information content (AvgIpc) is 2.16. The van der Waals surface area contributed by atoms with Gasteiger partial charge in [-0.05, 0) is 36.8 Å². The maximum Gasteiger partial charge on any atom is 0.0767 e. The van der Waals surface area contributed by atoms with Gasteiger partial charge in [0.15, 0.2) is 0 Å². The lowest BCUT2D eigenvalue weighted by Crippen LogP contribution is -2.29.